The summed E-state index contributed by atoms with van der Waals surface area (Å²) in [6, 6.07) is 7.83. The molecule has 0 saturated carbocycles. The highest BCUT2D eigenvalue weighted by Gasteiger charge is 2.44. The maximum absolute atomic E-state index is 13.1. The number of rotatable bonds is 11. The van der Waals surface area contributed by atoms with Gasteiger partial charge in [0, 0.05) is 32.2 Å². The van der Waals surface area contributed by atoms with Crippen LogP contribution in [0.5, 0.6) is 0 Å². The van der Waals surface area contributed by atoms with Crippen LogP contribution >= 0.6 is 0 Å². The standard InChI is InChI=1S/C21H34N8O3/c1-24-11-4-5-12-25-19(32)21(13-15-7-2-3-8-16(15)14-21)27-18(31)10-6-9-17(30)26-20(28-22)29-23/h2-3,7-8,24H,4-6,9-14,22-23H2,1H3,(H,25,32)(H,27,31)(H2,26,28,29,30). The van der Waals surface area contributed by atoms with Crippen LogP contribution in [0.4, 0.5) is 0 Å². The highest BCUT2D eigenvalue weighted by molar-refractivity contribution is 5.97. The molecule has 0 unspecified atom stereocenters. The number of amides is 3. The van der Waals surface area contributed by atoms with Gasteiger partial charge in [-0.05, 0) is 44.0 Å². The van der Waals surface area contributed by atoms with Crippen molar-refractivity contribution in [2.24, 2.45) is 16.8 Å². The molecule has 0 aliphatic heterocycles. The van der Waals surface area contributed by atoms with Crippen molar-refractivity contribution in [3.63, 3.8) is 0 Å². The van der Waals surface area contributed by atoms with Gasteiger partial charge >= 0.3 is 0 Å². The van der Waals surface area contributed by atoms with E-state index in [1.807, 2.05) is 31.3 Å². The molecule has 11 heteroatoms. The van der Waals surface area contributed by atoms with E-state index in [0.717, 1.165) is 30.5 Å². The third-order valence-corrected chi connectivity index (χ3v) is 5.39. The summed E-state index contributed by atoms with van der Waals surface area (Å²) in [5.74, 6) is 9.33. The van der Waals surface area contributed by atoms with E-state index in [0.29, 0.717) is 25.8 Å². The fourth-order valence-electron chi connectivity index (χ4n) is 3.76. The fourth-order valence-corrected chi connectivity index (χ4v) is 3.76. The van der Waals surface area contributed by atoms with Crippen molar-refractivity contribution in [1.82, 2.24) is 26.7 Å². The zero-order valence-electron chi connectivity index (χ0n) is 18.5. The van der Waals surface area contributed by atoms with Crippen molar-refractivity contribution in [3.05, 3.63) is 35.4 Å². The van der Waals surface area contributed by atoms with E-state index in [1.165, 1.54) is 0 Å². The van der Waals surface area contributed by atoms with Crippen molar-refractivity contribution in [3.8, 4) is 0 Å². The third-order valence-electron chi connectivity index (χ3n) is 5.39. The number of hydrogen-bond donors (Lipinski definition) is 7. The second-order valence-corrected chi connectivity index (χ2v) is 7.84. The van der Waals surface area contributed by atoms with Gasteiger partial charge in [0.2, 0.25) is 23.7 Å². The van der Waals surface area contributed by atoms with E-state index in [2.05, 4.69) is 31.8 Å². The number of fused-ring (bicyclic) bond motifs is 1. The quantitative estimate of drug-likeness (QED) is 0.0729. The molecule has 0 atom stereocenters. The van der Waals surface area contributed by atoms with Crippen LogP contribution in [0.1, 0.15) is 43.2 Å². The number of nitrogens with one attached hydrogen (secondary N) is 5. The van der Waals surface area contributed by atoms with Crippen LogP contribution in [0.25, 0.3) is 0 Å². The number of hydrogen-bond acceptors (Lipinski definition) is 7. The molecule has 1 aromatic carbocycles. The molecule has 1 aliphatic carbocycles. The van der Waals surface area contributed by atoms with E-state index < -0.39 is 5.54 Å². The summed E-state index contributed by atoms with van der Waals surface area (Å²) in [5, 5.41) is 14.7. The molecule has 0 saturated heterocycles. The number of hydrazine groups is 1. The molecular formula is C21H34N8O3. The maximum Gasteiger partial charge on any atom is 0.246 e. The molecule has 176 valence electrons. The first-order chi connectivity index (χ1) is 15.4. The monoisotopic (exact) mass is 446 g/mol. The molecule has 0 radical (unpaired) electrons. The Morgan fingerprint density at radius 3 is 2.22 bits per heavy atom. The van der Waals surface area contributed by atoms with Crippen molar-refractivity contribution >= 4 is 23.7 Å². The largest absolute Gasteiger partial charge is 0.354 e. The van der Waals surface area contributed by atoms with Gasteiger partial charge in [-0.15, -0.1) is 5.10 Å². The highest BCUT2D eigenvalue weighted by Crippen LogP contribution is 2.30. The minimum atomic E-state index is -1.02. The first kappa shape index (κ1) is 25.1. The molecule has 32 heavy (non-hydrogen) atoms. The molecule has 1 aromatic rings. The number of carbonyl (C=O) groups is 3. The topological polar surface area (TPSA) is 176 Å². The number of nitrogens with two attached hydrogens (primary N) is 2. The lowest BCUT2D eigenvalue weighted by molar-refractivity contribution is -0.133. The summed E-state index contributed by atoms with van der Waals surface area (Å²) in [6.45, 7) is 1.44. The lowest BCUT2D eigenvalue weighted by atomic mass is 9.93. The van der Waals surface area contributed by atoms with E-state index in [1.54, 1.807) is 0 Å². The average molecular weight is 447 g/mol. The molecule has 0 bridgehead atoms. The summed E-state index contributed by atoms with van der Waals surface area (Å²) < 4.78 is 0. The van der Waals surface area contributed by atoms with Crippen molar-refractivity contribution in [1.29, 1.82) is 0 Å². The van der Waals surface area contributed by atoms with Crippen LogP contribution in [-0.2, 0) is 27.2 Å². The minimum Gasteiger partial charge on any atom is -0.354 e. The van der Waals surface area contributed by atoms with Crippen LogP contribution in [0.3, 0.4) is 0 Å². The van der Waals surface area contributed by atoms with Crippen molar-refractivity contribution in [2.75, 3.05) is 20.1 Å². The SMILES string of the molecule is CNCCCCNC(=O)C1(NC(=O)CCCC(=O)NC(=NN)NN)Cc2ccccc2C1. The molecule has 9 N–H and O–H groups in total. The van der Waals surface area contributed by atoms with E-state index in [4.69, 9.17) is 11.7 Å². The van der Waals surface area contributed by atoms with Crippen molar-refractivity contribution in [2.45, 2.75) is 50.5 Å². The molecule has 0 spiro atoms. The molecule has 3 amide bonds. The van der Waals surface area contributed by atoms with E-state index >= 15 is 0 Å². The zero-order chi connectivity index (χ0) is 23.4. The summed E-state index contributed by atoms with van der Waals surface area (Å²) in [5.41, 5.74) is 3.24. The molecule has 1 aliphatic rings. The number of unbranched alkanes of at least 4 members (excludes halogenated alkanes) is 1. The smallest absolute Gasteiger partial charge is 0.246 e. The normalized spacial score (nSPS) is 14.4. The maximum atomic E-state index is 13.1. The summed E-state index contributed by atoms with van der Waals surface area (Å²) >= 11 is 0. The number of guanidine groups is 1. The predicted octanol–water partition coefficient (Wildman–Crippen LogP) is -1.26. The van der Waals surface area contributed by atoms with Gasteiger partial charge in [0.25, 0.3) is 0 Å². The number of nitrogens with zero attached hydrogens (tertiary/aromatic N) is 1. The van der Waals surface area contributed by atoms with Crippen LogP contribution in [-0.4, -0.2) is 49.4 Å². The van der Waals surface area contributed by atoms with Crippen molar-refractivity contribution < 1.29 is 14.4 Å². The predicted molar refractivity (Wildman–Crippen MR) is 122 cm³/mol. The summed E-state index contributed by atoms with van der Waals surface area (Å²) in [6.07, 6.45) is 3.17. The van der Waals surface area contributed by atoms with Gasteiger partial charge in [0.05, 0.1) is 0 Å². The van der Waals surface area contributed by atoms with Crippen LogP contribution in [0, 0.1) is 0 Å². The molecule has 0 heterocycles. The lowest BCUT2D eigenvalue weighted by Crippen LogP contribution is -2.59. The number of benzene rings is 1. The van der Waals surface area contributed by atoms with E-state index in [9.17, 15) is 14.4 Å². The average Bonchev–Trinajstić information content (AvgIpc) is 3.16. The van der Waals surface area contributed by atoms with Gasteiger partial charge in [-0.25, -0.2) is 5.84 Å². The Bertz CT molecular complexity index is 802. The van der Waals surface area contributed by atoms with Crippen LogP contribution in [0.2, 0.25) is 0 Å². The Labute approximate surface area is 188 Å². The molecule has 0 aromatic heterocycles. The van der Waals surface area contributed by atoms with Gasteiger partial charge in [0.15, 0.2) is 0 Å². The second-order valence-electron chi connectivity index (χ2n) is 7.84. The Balaban J connectivity index is 1.93. The van der Waals surface area contributed by atoms with Gasteiger partial charge in [0.1, 0.15) is 5.54 Å². The van der Waals surface area contributed by atoms with Crippen LogP contribution in [0.15, 0.2) is 29.4 Å². The van der Waals surface area contributed by atoms with Gasteiger partial charge in [-0.3, -0.25) is 25.1 Å². The van der Waals surface area contributed by atoms with E-state index in [-0.39, 0.29) is 36.5 Å². The molecule has 0 fully saturated rings. The third kappa shape index (κ3) is 7.20. The summed E-state index contributed by atoms with van der Waals surface area (Å²) in [4.78, 5) is 37.7. The Morgan fingerprint density at radius 1 is 1.00 bits per heavy atom. The Morgan fingerprint density at radius 2 is 1.62 bits per heavy atom. The molecule has 11 nitrogen and oxygen atoms in total. The highest BCUT2D eigenvalue weighted by atomic mass is 16.2. The first-order valence-corrected chi connectivity index (χ1v) is 10.8. The minimum absolute atomic E-state index is 0.0616. The number of hydrazone groups is 1. The van der Waals surface area contributed by atoms with Gasteiger partial charge in [-0.1, -0.05) is 24.3 Å². The van der Waals surface area contributed by atoms with Gasteiger partial charge < -0.3 is 21.8 Å². The Kier molecular flexibility index (Phi) is 9.89. The second kappa shape index (κ2) is 12.6. The zero-order valence-corrected chi connectivity index (χ0v) is 18.5. The fraction of sp³-hybridized carbons (Fsp3) is 0.524. The van der Waals surface area contributed by atoms with Crippen LogP contribution < -0.4 is 38.4 Å². The first-order valence-electron chi connectivity index (χ1n) is 10.8. The van der Waals surface area contributed by atoms with Gasteiger partial charge in [-0.2, -0.15) is 0 Å². The lowest BCUT2D eigenvalue weighted by Gasteiger charge is -2.29. The molecule has 2 rings (SSSR count). The number of carbonyl (C=O) groups excluding carboxylic acids is 3. The summed E-state index contributed by atoms with van der Waals surface area (Å²) in [7, 11) is 1.89. The molecular weight excluding hydrogens is 412 g/mol. The Hall–Kier alpha value is -3.18.